The van der Waals surface area contributed by atoms with Gasteiger partial charge in [-0.15, -0.1) is 0 Å². The summed E-state index contributed by atoms with van der Waals surface area (Å²) in [6, 6.07) is 0. The molecule has 0 aromatic rings. The van der Waals surface area contributed by atoms with Crippen molar-refractivity contribution in [2.24, 2.45) is 0 Å². The normalized spacial score (nSPS) is 51.5. The third-order valence-corrected chi connectivity index (χ3v) is 1.94. The lowest BCUT2D eigenvalue weighted by atomic mass is 10.1. The van der Waals surface area contributed by atoms with Crippen molar-refractivity contribution in [1.29, 1.82) is 0 Å². The lowest BCUT2D eigenvalue weighted by Crippen LogP contribution is -2.44. The Hall–Kier alpha value is 0.120. The third kappa shape index (κ3) is 1.36. The molecule has 1 heterocycles. The van der Waals surface area contributed by atoms with Crippen molar-refractivity contribution >= 4 is 12.6 Å². The molecule has 0 bridgehead atoms. The van der Waals surface area contributed by atoms with Crippen LogP contribution in [0.3, 0.4) is 0 Å². The van der Waals surface area contributed by atoms with Crippen LogP contribution in [-0.2, 0) is 4.74 Å². The first-order valence-electron chi connectivity index (χ1n) is 3.04. The maximum Gasteiger partial charge on any atom is 0.265 e. The number of hydrogen-bond acceptors (Lipinski definition) is 5. The van der Waals surface area contributed by atoms with Gasteiger partial charge in [-0.25, -0.2) is 4.39 Å². The van der Waals surface area contributed by atoms with E-state index in [2.05, 4.69) is 17.4 Å². The van der Waals surface area contributed by atoms with Crippen molar-refractivity contribution in [3.8, 4) is 0 Å². The van der Waals surface area contributed by atoms with Crippen LogP contribution in [-0.4, -0.2) is 45.4 Å². The first-order valence-corrected chi connectivity index (χ1v) is 3.67. The summed E-state index contributed by atoms with van der Waals surface area (Å²) in [6.45, 7) is 0. The standard InChI is InChI=1S/C5H9FO4S/c6-5(9)2(1-11)10-4(8)3(5)7/h2-4,7-9,11H,1H2/t2-,3+,4+,5+/m1/s1. The quantitative estimate of drug-likeness (QED) is 0.380. The SMILES string of the molecule is O[C@H]1O[C@H](CS)[C@@](O)(F)[C@H]1O. The molecule has 4 atom stereocenters. The summed E-state index contributed by atoms with van der Waals surface area (Å²) in [6.07, 6.45) is -4.88. The molecule has 6 heteroatoms. The van der Waals surface area contributed by atoms with Crippen molar-refractivity contribution in [2.75, 3.05) is 5.75 Å². The lowest BCUT2D eigenvalue weighted by molar-refractivity contribution is -0.172. The number of alkyl halides is 1. The molecule has 11 heavy (non-hydrogen) atoms. The van der Waals surface area contributed by atoms with E-state index in [0.29, 0.717) is 0 Å². The number of hydrogen-bond donors (Lipinski definition) is 4. The van der Waals surface area contributed by atoms with E-state index in [9.17, 15) is 4.39 Å². The molecule has 66 valence electrons. The Morgan fingerprint density at radius 3 is 2.27 bits per heavy atom. The number of halogens is 1. The Balaban J connectivity index is 2.74. The van der Waals surface area contributed by atoms with Gasteiger partial charge in [-0.05, 0) is 0 Å². The predicted octanol–water partition coefficient (Wildman–Crippen LogP) is -1.35. The van der Waals surface area contributed by atoms with Crippen LogP contribution >= 0.6 is 12.6 Å². The number of ether oxygens (including phenoxy) is 1. The van der Waals surface area contributed by atoms with Crippen LogP contribution in [0, 0.1) is 0 Å². The molecular weight excluding hydrogens is 175 g/mol. The highest BCUT2D eigenvalue weighted by molar-refractivity contribution is 7.80. The van der Waals surface area contributed by atoms with Crippen molar-refractivity contribution in [3.63, 3.8) is 0 Å². The van der Waals surface area contributed by atoms with E-state index in [1.807, 2.05) is 0 Å². The van der Waals surface area contributed by atoms with Crippen LogP contribution in [0.2, 0.25) is 0 Å². The molecule has 1 aliphatic rings. The van der Waals surface area contributed by atoms with Crippen LogP contribution in [0.1, 0.15) is 0 Å². The van der Waals surface area contributed by atoms with Gasteiger partial charge in [0.15, 0.2) is 12.4 Å². The van der Waals surface area contributed by atoms with Gasteiger partial charge >= 0.3 is 0 Å². The number of aliphatic hydroxyl groups is 3. The van der Waals surface area contributed by atoms with Crippen LogP contribution in [0.25, 0.3) is 0 Å². The first kappa shape index (κ1) is 9.21. The Labute approximate surface area is 68.0 Å². The molecule has 3 N–H and O–H groups in total. The molecular formula is C5H9FO4S. The molecule has 4 nitrogen and oxygen atoms in total. The number of rotatable bonds is 1. The van der Waals surface area contributed by atoms with Gasteiger partial charge in [0.1, 0.15) is 6.10 Å². The zero-order valence-electron chi connectivity index (χ0n) is 5.51. The Bertz CT molecular complexity index is 153. The Kier molecular flexibility index (Phi) is 2.40. The zero-order chi connectivity index (χ0) is 8.65. The highest BCUT2D eigenvalue weighted by atomic mass is 32.1. The average molecular weight is 184 g/mol. The number of aliphatic hydroxyl groups excluding tert-OH is 2. The van der Waals surface area contributed by atoms with E-state index in [4.69, 9.17) is 15.3 Å². The van der Waals surface area contributed by atoms with E-state index in [1.54, 1.807) is 0 Å². The monoisotopic (exact) mass is 184 g/mol. The summed E-state index contributed by atoms with van der Waals surface area (Å²) in [4.78, 5) is 0. The molecule has 0 aliphatic carbocycles. The third-order valence-electron chi connectivity index (χ3n) is 1.61. The largest absolute Gasteiger partial charge is 0.382 e. The molecule has 0 amide bonds. The van der Waals surface area contributed by atoms with Crippen LogP contribution in [0.4, 0.5) is 4.39 Å². The van der Waals surface area contributed by atoms with Gasteiger partial charge in [-0.2, -0.15) is 12.6 Å². The van der Waals surface area contributed by atoms with E-state index in [0.717, 1.165) is 0 Å². The highest BCUT2D eigenvalue weighted by Gasteiger charge is 2.55. The molecule has 0 saturated carbocycles. The van der Waals surface area contributed by atoms with Gasteiger partial charge in [0.2, 0.25) is 0 Å². The minimum atomic E-state index is -2.90. The van der Waals surface area contributed by atoms with Crippen LogP contribution in [0.15, 0.2) is 0 Å². The summed E-state index contributed by atoms with van der Waals surface area (Å²) in [5, 5.41) is 26.4. The van der Waals surface area contributed by atoms with E-state index in [1.165, 1.54) is 0 Å². The van der Waals surface area contributed by atoms with Crippen LogP contribution in [0.5, 0.6) is 0 Å². The fourth-order valence-corrected chi connectivity index (χ4v) is 1.24. The molecule has 1 saturated heterocycles. The van der Waals surface area contributed by atoms with Gasteiger partial charge in [0.05, 0.1) is 0 Å². The molecule has 0 spiro atoms. The molecule has 0 aromatic carbocycles. The second kappa shape index (κ2) is 2.87. The zero-order valence-corrected chi connectivity index (χ0v) is 6.41. The van der Waals surface area contributed by atoms with Gasteiger partial charge in [-0.1, -0.05) is 0 Å². The maximum atomic E-state index is 12.9. The topological polar surface area (TPSA) is 69.9 Å². The maximum absolute atomic E-state index is 12.9. The van der Waals surface area contributed by atoms with Gasteiger partial charge in [0, 0.05) is 5.75 Å². The minimum absolute atomic E-state index is 0.110. The summed E-state index contributed by atoms with van der Waals surface area (Å²) in [5.74, 6) is -3.01. The predicted molar refractivity (Wildman–Crippen MR) is 36.8 cm³/mol. The Morgan fingerprint density at radius 2 is 2.09 bits per heavy atom. The van der Waals surface area contributed by atoms with Gasteiger partial charge < -0.3 is 20.1 Å². The van der Waals surface area contributed by atoms with Crippen molar-refractivity contribution in [2.45, 2.75) is 24.4 Å². The second-order valence-electron chi connectivity index (χ2n) is 2.37. The highest BCUT2D eigenvalue weighted by Crippen LogP contribution is 2.31. The molecule has 1 aliphatic heterocycles. The molecule has 0 unspecified atom stereocenters. The summed E-state index contributed by atoms with van der Waals surface area (Å²) in [7, 11) is 0. The molecule has 1 fully saturated rings. The van der Waals surface area contributed by atoms with Crippen LogP contribution < -0.4 is 0 Å². The Morgan fingerprint density at radius 1 is 1.55 bits per heavy atom. The second-order valence-corrected chi connectivity index (χ2v) is 2.74. The fraction of sp³-hybridized carbons (Fsp3) is 1.00. The fourth-order valence-electron chi connectivity index (χ4n) is 0.900. The summed E-state index contributed by atoms with van der Waals surface area (Å²) in [5.41, 5.74) is 0. The minimum Gasteiger partial charge on any atom is -0.382 e. The summed E-state index contributed by atoms with van der Waals surface area (Å²) >= 11 is 3.66. The van der Waals surface area contributed by atoms with E-state index >= 15 is 0 Å². The van der Waals surface area contributed by atoms with Crippen molar-refractivity contribution in [1.82, 2.24) is 0 Å². The van der Waals surface area contributed by atoms with Gasteiger partial charge in [0.25, 0.3) is 5.85 Å². The molecule has 1 rings (SSSR count). The summed E-state index contributed by atoms with van der Waals surface area (Å²) < 4.78 is 17.3. The number of thiol groups is 1. The first-order chi connectivity index (χ1) is 5.00. The smallest absolute Gasteiger partial charge is 0.265 e. The van der Waals surface area contributed by atoms with Gasteiger partial charge in [-0.3, -0.25) is 0 Å². The average Bonchev–Trinajstić information content (AvgIpc) is 2.13. The molecule has 0 aromatic heterocycles. The molecule has 0 radical (unpaired) electrons. The van der Waals surface area contributed by atoms with E-state index in [-0.39, 0.29) is 5.75 Å². The lowest BCUT2D eigenvalue weighted by Gasteiger charge is -2.19. The van der Waals surface area contributed by atoms with Crippen molar-refractivity contribution in [3.05, 3.63) is 0 Å². The van der Waals surface area contributed by atoms with E-state index < -0.39 is 24.4 Å². The van der Waals surface area contributed by atoms with Crippen molar-refractivity contribution < 1.29 is 24.4 Å².